The van der Waals surface area contributed by atoms with Gasteiger partial charge in [-0.2, -0.15) is 0 Å². The zero-order valence-electron chi connectivity index (χ0n) is 13.9. The lowest BCUT2D eigenvalue weighted by Crippen LogP contribution is -2.29. The predicted octanol–water partition coefficient (Wildman–Crippen LogP) is 2.96. The van der Waals surface area contributed by atoms with Gasteiger partial charge < -0.3 is 15.4 Å². The number of ether oxygens (including phenoxy) is 1. The van der Waals surface area contributed by atoms with Crippen LogP contribution >= 0.6 is 11.6 Å². The molecule has 132 valence electrons. The number of nitrogens with one attached hydrogen (secondary N) is 2. The summed E-state index contributed by atoms with van der Waals surface area (Å²) in [6, 6.07) is 8.83. The van der Waals surface area contributed by atoms with E-state index < -0.39 is 0 Å². The lowest BCUT2D eigenvalue weighted by atomic mass is 10.2. The molecule has 1 aromatic carbocycles. The third kappa shape index (κ3) is 6.43. The maximum atomic E-state index is 11.9. The van der Waals surface area contributed by atoms with Crippen molar-refractivity contribution in [3.8, 4) is 5.75 Å². The first kappa shape index (κ1) is 18.7. The molecule has 7 heteroatoms. The molecule has 0 saturated carbocycles. The Morgan fingerprint density at radius 2 is 2.04 bits per heavy atom. The fourth-order valence-electron chi connectivity index (χ4n) is 2.07. The summed E-state index contributed by atoms with van der Waals surface area (Å²) in [5.74, 6) is -0.0295. The number of aromatic nitrogens is 1. The predicted molar refractivity (Wildman–Crippen MR) is 96.8 cm³/mol. The first-order valence-corrected chi connectivity index (χ1v) is 8.28. The van der Waals surface area contributed by atoms with Crippen LogP contribution in [0.25, 0.3) is 0 Å². The largest absolute Gasteiger partial charge is 0.492 e. The lowest BCUT2D eigenvalue weighted by molar-refractivity contribution is -0.126. The van der Waals surface area contributed by atoms with Crippen LogP contribution in [0.2, 0.25) is 5.02 Å². The van der Waals surface area contributed by atoms with Gasteiger partial charge in [0, 0.05) is 23.5 Å². The number of hydrogen-bond acceptors (Lipinski definition) is 4. The smallest absolute Gasteiger partial charge is 0.233 e. The molecule has 2 rings (SSSR count). The first-order chi connectivity index (χ1) is 12.1. The van der Waals surface area contributed by atoms with Crippen LogP contribution in [0.15, 0.2) is 42.7 Å². The Bertz CT molecular complexity index is 723. The quantitative estimate of drug-likeness (QED) is 0.559. The normalized spacial score (nSPS) is 10.2. The molecular weight excluding hydrogens is 342 g/mol. The number of halogens is 1. The summed E-state index contributed by atoms with van der Waals surface area (Å²) < 4.78 is 5.47. The summed E-state index contributed by atoms with van der Waals surface area (Å²) in [4.78, 5) is 27.6. The molecular formula is C18H20ClN3O3. The maximum absolute atomic E-state index is 11.9. The zero-order valence-corrected chi connectivity index (χ0v) is 14.7. The van der Waals surface area contributed by atoms with Gasteiger partial charge in [0.25, 0.3) is 0 Å². The third-order valence-corrected chi connectivity index (χ3v) is 3.82. The molecule has 6 nitrogen and oxygen atoms in total. The molecule has 2 N–H and O–H groups in total. The molecule has 0 aliphatic rings. The number of nitrogens with zero attached hydrogens (tertiary/aromatic N) is 1. The van der Waals surface area contributed by atoms with Crippen molar-refractivity contribution in [1.82, 2.24) is 10.3 Å². The number of pyridine rings is 1. The van der Waals surface area contributed by atoms with E-state index in [4.69, 9.17) is 16.3 Å². The van der Waals surface area contributed by atoms with Crippen molar-refractivity contribution in [3.05, 3.63) is 53.3 Å². The highest BCUT2D eigenvalue weighted by Gasteiger charge is 2.11. The SMILES string of the molecule is Cc1c(Cl)cccc1NC(=O)CC(=O)NCCCOc1cccnc1. The zero-order chi connectivity index (χ0) is 18.1. The van der Waals surface area contributed by atoms with Crippen molar-refractivity contribution in [2.24, 2.45) is 0 Å². The standard InChI is InChI=1S/C18H20ClN3O3/c1-13-15(19)6-2-7-16(13)22-18(24)11-17(23)21-9-4-10-25-14-5-3-8-20-12-14/h2-3,5-8,12H,4,9-11H2,1H3,(H,21,23)(H,22,24). The van der Waals surface area contributed by atoms with Gasteiger partial charge in [-0.1, -0.05) is 17.7 Å². The molecule has 0 aliphatic carbocycles. The Hall–Kier alpha value is -2.60. The second-order valence-corrected chi connectivity index (χ2v) is 5.79. The molecule has 0 radical (unpaired) electrons. The minimum Gasteiger partial charge on any atom is -0.492 e. The summed E-state index contributed by atoms with van der Waals surface area (Å²) >= 11 is 6.00. The number of hydrogen-bond donors (Lipinski definition) is 2. The Morgan fingerprint density at radius 1 is 1.20 bits per heavy atom. The Balaban J connectivity index is 1.64. The molecule has 1 heterocycles. The Labute approximate surface area is 151 Å². The first-order valence-electron chi connectivity index (χ1n) is 7.91. The molecule has 0 bridgehead atoms. The molecule has 0 saturated heterocycles. The van der Waals surface area contributed by atoms with Crippen LogP contribution < -0.4 is 15.4 Å². The van der Waals surface area contributed by atoms with Gasteiger partial charge in [-0.15, -0.1) is 0 Å². The van der Waals surface area contributed by atoms with Crippen molar-refractivity contribution >= 4 is 29.1 Å². The van der Waals surface area contributed by atoms with Crippen LogP contribution in [0.4, 0.5) is 5.69 Å². The molecule has 0 unspecified atom stereocenters. The number of amides is 2. The van der Waals surface area contributed by atoms with Gasteiger partial charge in [0.05, 0.1) is 12.8 Å². The average molecular weight is 362 g/mol. The van der Waals surface area contributed by atoms with E-state index in [9.17, 15) is 9.59 Å². The van der Waals surface area contributed by atoms with E-state index in [-0.39, 0.29) is 18.2 Å². The van der Waals surface area contributed by atoms with E-state index in [0.29, 0.717) is 36.0 Å². The van der Waals surface area contributed by atoms with E-state index in [2.05, 4.69) is 15.6 Å². The fraction of sp³-hybridized carbons (Fsp3) is 0.278. The molecule has 0 spiro atoms. The van der Waals surface area contributed by atoms with Gasteiger partial charge >= 0.3 is 0 Å². The van der Waals surface area contributed by atoms with E-state index in [1.165, 1.54) is 0 Å². The van der Waals surface area contributed by atoms with E-state index in [1.54, 1.807) is 43.6 Å². The van der Waals surface area contributed by atoms with Gasteiger partial charge in [-0.05, 0) is 43.2 Å². The molecule has 25 heavy (non-hydrogen) atoms. The number of carbonyl (C=O) groups is 2. The number of rotatable bonds is 8. The topological polar surface area (TPSA) is 80.3 Å². The molecule has 1 aromatic heterocycles. The van der Waals surface area contributed by atoms with E-state index in [1.807, 2.05) is 6.07 Å². The summed E-state index contributed by atoms with van der Waals surface area (Å²) in [5.41, 5.74) is 1.38. The van der Waals surface area contributed by atoms with Crippen LogP contribution in [0.5, 0.6) is 5.75 Å². The highest BCUT2D eigenvalue weighted by atomic mass is 35.5. The van der Waals surface area contributed by atoms with Gasteiger partial charge in [0.1, 0.15) is 12.2 Å². The highest BCUT2D eigenvalue weighted by Crippen LogP contribution is 2.22. The molecule has 0 fully saturated rings. The number of benzene rings is 1. The van der Waals surface area contributed by atoms with Crippen molar-refractivity contribution in [2.45, 2.75) is 19.8 Å². The van der Waals surface area contributed by atoms with Crippen molar-refractivity contribution in [3.63, 3.8) is 0 Å². The van der Waals surface area contributed by atoms with Crippen LogP contribution in [0.3, 0.4) is 0 Å². The molecule has 2 aromatic rings. The molecule has 2 amide bonds. The third-order valence-electron chi connectivity index (χ3n) is 3.41. The minimum atomic E-state index is -0.380. The second-order valence-electron chi connectivity index (χ2n) is 5.38. The van der Waals surface area contributed by atoms with Crippen molar-refractivity contribution < 1.29 is 14.3 Å². The van der Waals surface area contributed by atoms with Gasteiger partial charge in [0.15, 0.2) is 0 Å². The molecule has 0 atom stereocenters. The summed E-state index contributed by atoms with van der Waals surface area (Å²) in [7, 11) is 0. The average Bonchev–Trinajstić information content (AvgIpc) is 2.59. The van der Waals surface area contributed by atoms with Crippen LogP contribution in [0, 0.1) is 6.92 Å². The summed E-state index contributed by atoms with van der Waals surface area (Å²) in [6.07, 6.45) is 3.69. The lowest BCUT2D eigenvalue weighted by Gasteiger charge is -2.10. The van der Waals surface area contributed by atoms with Crippen LogP contribution in [0.1, 0.15) is 18.4 Å². The van der Waals surface area contributed by atoms with E-state index in [0.717, 1.165) is 5.56 Å². The fourth-order valence-corrected chi connectivity index (χ4v) is 2.24. The second kappa shape index (κ2) is 9.64. The summed E-state index contributed by atoms with van der Waals surface area (Å²) in [5, 5.41) is 5.94. The Kier molecular flexibility index (Phi) is 7.22. The number of carbonyl (C=O) groups excluding carboxylic acids is 2. The van der Waals surface area contributed by atoms with Crippen molar-refractivity contribution in [2.75, 3.05) is 18.5 Å². The summed E-state index contributed by atoms with van der Waals surface area (Å²) in [6.45, 7) is 2.70. The number of anilines is 1. The van der Waals surface area contributed by atoms with Gasteiger partial charge in [-0.3, -0.25) is 14.6 Å². The van der Waals surface area contributed by atoms with E-state index >= 15 is 0 Å². The monoisotopic (exact) mass is 361 g/mol. The minimum absolute atomic E-state index is 0.241. The maximum Gasteiger partial charge on any atom is 0.233 e. The molecule has 0 aliphatic heterocycles. The Morgan fingerprint density at radius 3 is 2.80 bits per heavy atom. The van der Waals surface area contributed by atoms with Crippen LogP contribution in [-0.2, 0) is 9.59 Å². The van der Waals surface area contributed by atoms with Crippen LogP contribution in [-0.4, -0.2) is 29.9 Å². The van der Waals surface area contributed by atoms with Gasteiger partial charge in [0.2, 0.25) is 11.8 Å². The highest BCUT2D eigenvalue weighted by molar-refractivity contribution is 6.31. The van der Waals surface area contributed by atoms with Crippen molar-refractivity contribution in [1.29, 1.82) is 0 Å². The van der Waals surface area contributed by atoms with Gasteiger partial charge in [-0.25, -0.2) is 0 Å².